The second kappa shape index (κ2) is 5.10. The molecule has 1 N–H and O–H groups in total. The highest BCUT2D eigenvalue weighted by molar-refractivity contribution is 7.11. The number of nitrogens with zero attached hydrogens (tertiary/aromatic N) is 1. The van der Waals surface area contributed by atoms with Crippen LogP contribution in [0.4, 0.5) is 0 Å². The van der Waals surface area contributed by atoms with Gasteiger partial charge in [0, 0.05) is 11.3 Å². The molecule has 1 rings (SSSR count). The zero-order chi connectivity index (χ0) is 10.6. The SMILES string of the molecule is CCCC(=O)NCc1sc(C)nc1C. The van der Waals surface area contributed by atoms with Crippen LogP contribution in [0.5, 0.6) is 0 Å². The molecule has 1 heterocycles. The Hall–Kier alpha value is -0.900. The summed E-state index contributed by atoms with van der Waals surface area (Å²) in [7, 11) is 0. The summed E-state index contributed by atoms with van der Waals surface area (Å²) in [6, 6.07) is 0. The van der Waals surface area contributed by atoms with Gasteiger partial charge in [-0.05, 0) is 20.3 Å². The van der Waals surface area contributed by atoms with Crippen molar-refractivity contribution < 1.29 is 4.79 Å². The number of thiazole rings is 1. The Morgan fingerprint density at radius 3 is 2.71 bits per heavy atom. The van der Waals surface area contributed by atoms with Crippen LogP contribution in [0.1, 0.15) is 35.3 Å². The van der Waals surface area contributed by atoms with E-state index in [0.29, 0.717) is 13.0 Å². The van der Waals surface area contributed by atoms with Crippen molar-refractivity contribution >= 4 is 17.2 Å². The van der Waals surface area contributed by atoms with Gasteiger partial charge in [0.15, 0.2) is 0 Å². The number of hydrogen-bond donors (Lipinski definition) is 1. The van der Waals surface area contributed by atoms with E-state index >= 15 is 0 Å². The summed E-state index contributed by atoms with van der Waals surface area (Å²) in [6.07, 6.45) is 1.50. The third-order valence-electron chi connectivity index (χ3n) is 1.92. The van der Waals surface area contributed by atoms with E-state index in [2.05, 4.69) is 10.3 Å². The van der Waals surface area contributed by atoms with Crippen molar-refractivity contribution in [3.63, 3.8) is 0 Å². The third kappa shape index (κ3) is 3.10. The summed E-state index contributed by atoms with van der Waals surface area (Å²) >= 11 is 1.65. The fourth-order valence-electron chi connectivity index (χ4n) is 1.23. The standard InChI is InChI=1S/C10H16N2OS/c1-4-5-10(13)11-6-9-7(2)12-8(3)14-9/h4-6H2,1-3H3,(H,11,13). The summed E-state index contributed by atoms with van der Waals surface area (Å²) in [5.74, 6) is 0.123. The monoisotopic (exact) mass is 212 g/mol. The molecule has 3 nitrogen and oxygen atoms in total. The Morgan fingerprint density at radius 2 is 2.21 bits per heavy atom. The lowest BCUT2D eigenvalue weighted by atomic mass is 10.3. The Balaban J connectivity index is 2.45. The van der Waals surface area contributed by atoms with Crippen LogP contribution >= 0.6 is 11.3 Å². The van der Waals surface area contributed by atoms with Gasteiger partial charge in [0.1, 0.15) is 0 Å². The fourth-order valence-corrected chi connectivity index (χ4v) is 2.11. The molecule has 0 spiro atoms. The van der Waals surface area contributed by atoms with Crippen LogP contribution in [0, 0.1) is 13.8 Å². The summed E-state index contributed by atoms with van der Waals surface area (Å²) < 4.78 is 0. The maximum absolute atomic E-state index is 11.2. The number of aryl methyl sites for hydroxylation is 2. The molecule has 0 aliphatic carbocycles. The van der Waals surface area contributed by atoms with Crippen molar-refractivity contribution in [3.05, 3.63) is 15.6 Å². The third-order valence-corrected chi connectivity index (χ3v) is 3.00. The van der Waals surface area contributed by atoms with E-state index < -0.39 is 0 Å². The number of aromatic nitrogens is 1. The molecule has 1 aromatic rings. The van der Waals surface area contributed by atoms with Gasteiger partial charge in [-0.15, -0.1) is 11.3 Å². The summed E-state index contributed by atoms with van der Waals surface area (Å²) in [6.45, 7) is 6.58. The first kappa shape index (κ1) is 11.2. The molecule has 78 valence electrons. The van der Waals surface area contributed by atoms with Gasteiger partial charge in [-0.2, -0.15) is 0 Å². The van der Waals surface area contributed by atoms with Gasteiger partial charge in [-0.25, -0.2) is 4.98 Å². The van der Waals surface area contributed by atoms with E-state index in [1.807, 2.05) is 20.8 Å². The Labute approximate surface area is 88.6 Å². The van der Waals surface area contributed by atoms with E-state index in [1.54, 1.807) is 11.3 Å². The lowest BCUT2D eigenvalue weighted by molar-refractivity contribution is -0.121. The maximum Gasteiger partial charge on any atom is 0.220 e. The minimum atomic E-state index is 0.123. The highest BCUT2D eigenvalue weighted by Crippen LogP contribution is 2.16. The quantitative estimate of drug-likeness (QED) is 0.831. The van der Waals surface area contributed by atoms with Crippen molar-refractivity contribution in [2.75, 3.05) is 0 Å². The Bertz CT molecular complexity index is 320. The molecule has 0 radical (unpaired) electrons. The number of hydrogen-bond acceptors (Lipinski definition) is 3. The van der Waals surface area contributed by atoms with Gasteiger partial charge >= 0.3 is 0 Å². The molecule has 0 aliphatic heterocycles. The Morgan fingerprint density at radius 1 is 1.50 bits per heavy atom. The minimum Gasteiger partial charge on any atom is -0.351 e. The molecule has 0 aromatic carbocycles. The molecule has 0 fully saturated rings. The van der Waals surface area contributed by atoms with Crippen LogP contribution in [0.2, 0.25) is 0 Å². The second-order valence-corrected chi connectivity index (χ2v) is 4.56. The van der Waals surface area contributed by atoms with Gasteiger partial charge in [0.25, 0.3) is 0 Å². The van der Waals surface area contributed by atoms with Crippen molar-refractivity contribution in [1.82, 2.24) is 10.3 Å². The molecule has 0 saturated heterocycles. The molecular formula is C10H16N2OS. The topological polar surface area (TPSA) is 42.0 Å². The number of carbonyl (C=O) groups is 1. The van der Waals surface area contributed by atoms with E-state index in [1.165, 1.54) is 0 Å². The van der Waals surface area contributed by atoms with Crippen molar-refractivity contribution in [2.24, 2.45) is 0 Å². The van der Waals surface area contributed by atoms with Gasteiger partial charge in [0.2, 0.25) is 5.91 Å². The molecule has 0 atom stereocenters. The average molecular weight is 212 g/mol. The van der Waals surface area contributed by atoms with Crippen molar-refractivity contribution in [2.45, 2.75) is 40.2 Å². The lowest BCUT2D eigenvalue weighted by Gasteiger charge is -2.01. The Kier molecular flexibility index (Phi) is 4.07. The number of carbonyl (C=O) groups excluding carboxylic acids is 1. The predicted octanol–water partition coefficient (Wildman–Crippen LogP) is 2.18. The van der Waals surface area contributed by atoms with Gasteiger partial charge in [-0.3, -0.25) is 4.79 Å². The number of nitrogens with one attached hydrogen (secondary N) is 1. The smallest absolute Gasteiger partial charge is 0.220 e. The van der Waals surface area contributed by atoms with Crippen LogP contribution in [-0.2, 0) is 11.3 Å². The minimum absolute atomic E-state index is 0.123. The van der Waals surface area contributed by atoms with Crippen LogP contribution in [0.3, 0.4) is 0 Å². The molecule has 0 unspecified atom stereocenters. The van der Waals surface area contributed by atoms with E-state index in [4.69, 9.17) is 0 Å². The van der Waals surface area contributed by atoms with Gasteiger partial charge in [-0.1, -0.05) is 6.92 Å². The molecule has 14 heavy (non-hydrogen) atoms. The molecule has 1 aromatic heterocycles. The van der Waals surface area contributed by atoms with Crippen LogP contribution in [-0.4, -0.2) is 10.9 Å². The first-order valence-corrected chi connectivity index (χ1v) is 5.64. The highest BCUT2D eigenvalue weighted by Gasteiger charge is 2.05. The zero-order valence-electron chi connectivity index (χ0n) is 8.89. The van der Waals surface area contributed by atoms with Gasteiger partial charge < -0.3 is 5.32 Å². The highest BCUT2D eigenvalue weighted by atomic mass is 32.1. The average Bonchev–Trinajstić information content (AvgIpc) is 2.42. The predicted molar refractivity (Wildman–Crippen MR) is 58.3 cm³/mol. The van der Waals surface area contributed by atoms with Crippen molar-refractivity contribution in [1.29, 1.82) is 0 Å². The number of rotatable bonds is 4. The largest absolute Gasteiger partial charge is 0.351 e. The lowest BCUT2D eigenvalue weighted by Crippen LogP contribution is -2.21. The molecule has 1 amide bonds. The normalized spacial score (nSPS) is 10.2. The number of amides is 1. The fraction of sp³-hybridized carbons (Fsp3) is 0.600. The van der Waals surface area contributed by atoms with Crippen LogP contribution in [0.15, 0.2) is 0 Å². The van der Waals surface area contributed by atoms with Crippen LogP contribution < -0.4 is 5.32 Å². The van der Waals surface area contributed by atoms with Gasteiger partial charge in [0.05, 0.1) is 17.2 Å². The second-order valence-electron chi connectivity index (χ2n) is 3.27. The molecular weight excluding hydrogens is 196 g/mol. The van der Waals surface area contributed by atoms with Crippen LogP contribution in [0.25, 0.3) is 0 Å². The van der Waals surface area contributed by atoms with E-state index in [9.17, 15) is 4.79 Å². The maximum atomic E-state index is 11.2. The summed E-state index contributed by atoms with van der Waals surface area (Å²) in [5, 5.41) is 3.94. The molecule has 0 bridgehead atoms. The zero-order valence-corrected chi connectivity index (χ0v) is 9.70. The molecule has 0 saturated carbocycles. The first-order chi connectivity index (χ1) is 6.63. The molecule has 0 aliphatic rings. The summed E-state index contributed by atoms with van der Waals surface area (Å²) in [4.78, 5) is 16.7. The van der Waals surface area contributed by atoms with E-state index in [0.717, 1.165) is 22.0 Å². The van der Waals surface area contributed by atoms with E-state index in [-0.39, 0.29) is 5.91 Å². The summed E-state index contributed by atoms with van der Waals surface area (Å²) in [5.41, 5.74) is 1.03. The first-order valence-electron chi connectivity index (χ1n) is 4.83. The molecule has 4 heteroatoms. The van der Waals surface area contributed by atoms with Crippen molar-refractivity contribution in [3.8, 4) is 0 Å².